The predicted octanol–water partition coefficient (Wildman–Crippen LogP) is 3.01. The zero-order valence-electron chi connectivity index (χ0n) is 11.7. The maximum atomic E-state index is 5.45. The molecule has 1 aromatic rings. The van der Waals surface area contributed by atoms with E-state index in [1.807, 2.05) is 0 Å². The molecule has 0 saturated carbocycles. The van der Waals surface area contributed by atoms with Gasteiger partial charge in [-0.05, 0) is 17.9 Å². The first-order valence-corrected chi connectivity index (χ1v) is 7.87. The van der Waals surface area contributed by atoms with Crippen molar-refractivity contribution in [2.24, 2.45) is 0 Å². The van der Waals surface area contributed by atoms with E-state index in [1.54, 1.807) is 11.3 Å². The van der Waals surface area contributed by atoms with Crippen LogP contribution in [0.5, 0.6) is 0 Å². The smallest absolute Gasteiger partial charge is 0.0701 e. The molecule has 0 radical (unpaired) electrons. The first-order chi connectivity index (χ1) is 9.43. The zero-order valence-corrected chi connectivity index (χ0v) is 12.5. The normalized spacial score (nSPS) is 10.8. The third-order valence-electron chi connectivity index (χ3n) is 2.48. The summed E-state index contributed by atoms with van der Waals surface area (Å²) in [6, 6.07) is 2.06. The number of ether oxygens (including phenoxy) is 3. The summed E-state index contributed by atoms with van der Waals surface area (Å²) < 4.78 is 16.2. The molecule has 0 aliphatic heterocycles. The molecule has 0 bridgehead atoms. The first-order valence-electron chi connectivity index (χ1n) is 6.92. The molecule has 4 nitrogen and oxygen atoms in total. The summed E-state index contributed by atoms with van der Waals surface area (Å²) in [5.41, 5.74) is 1.16. The van der Waals surface area contributed by atoms with Gasteiger partial charge in [-0.1, -0.05) is 13.3 Å². The van der Waals surface area contributed by atoms with Crippen LogP contribution in [0.15, 0.2) is 16.8 Å². The van der Waals surface area contributed by atoms with Crippen LogP contribution >= 0.6 is 11.3 Å². The molecule has 1 N–H and O–H groups in total. The zero-order chi connectivity index (χ0) is 13.6. The van der Waals surface area contributed by atoms with E-state index in [0.717, 1.165) is 25.3 Å². The fourth-order valence-corrected chi connectivity index (χ4v) is 2.03. The Morgan fingerprint density at radius 1 is 1.00 bits per heavy atom. The quantitative estimate of drug-likeness (QED) is 0.566. The average molecular weight is 287 g/mol. The standard InChI is InChI=1S/C14H25NO3S/c1-2-3-6-16-8-10-18-11-9-17-7-5-15-14-4-12-19-13-14/h4,12-13,15H,2-3,5-11H2,1H3. The van der Waals surface area contributed by atoms with E-state index in [2.05, 4.69) is 29.1 Å². The Balaban J connectivity index is 1.72. The van der Waals surface area contributed by atoms with Gasteiger partial charge in [0.15, 0.2) is 0 Å². The van der Waals surface area contributed by atoms with Gasteiger partial charge in [0.05, 0.1) is 33.0 Å². The largest absolute Gasteiger partial charge is 0.382 e. The second-order valence-corrected chi connectivity index (χ2v) is 4.91. The van der Waals surface area contributed by atoms with Gasteiger partial charge in [-0.3, -0.25) is 0 Å². The Hall–Kier alpha value is -0.620. The molecule has 19 heavy (non-hydrogen) atoms. The lowest BCUT2D eigenvalue weighted by Gasteiger charge is -2.07. The highest BCUT2D eigenvalue weighted by Gasteiger charge is 1.93. The van der Waals surface area contributed by atoms with Crippen molar-refractivity contribution in [1.29, 1.82) is 0 Å². The summed E-state index contributed by atoms with van der Waals surface area (Å²) in [6.45, 7) is 7.13. The summed E-state index contributed by atoms with van der Waals surface area (Å²) in [5.74, 6) is 0. The topological polar surface area (TPSA) is 39.7 Å². The second kappa shape index (κ2) is 12.4. The predicted molar refractivity (Wildman–Crippen MR) is 80.2 cm³/mol. The molecule has 0 aliphatic rings. The van der Waals surface area contributed by atoms with Crippen LogP contribution in [0.1, 0.15) is 19.8 Å². The molecule has 1 heterocycles. The fraction of sp³-hybridized carbons (Fsp3) is 0.714. The number of hydrogen-bond acceptors (Lipinski definition) is 5. The Labute approximate surface area is 120 Å². The van der Waals surface area contributed by atoms with Crippen molar-refractivity contribution in [2.45, 2.75) is 19.8 Å². The van der Waals surface area contributed by atoms with Gasteiger partial charge in [-0.25, -0.2) is 0 Å². The Bertz CT molecular complexity index is 280. The lowest BCUT2D eigenvalue weighted by atomic mass is 10.4. The highest BCUT2D eigenvalue weighted by Crippen LogP contribution is 2.10. The molecule has 0 fully saturated rings. The van der Waals surface area contributed by atoms with E-state index in [1.165, 1.54) is 6.42 Å². The molecule has 110 valence electrons. The number of anilines is 1. The monoisotopic (exact) mass is 287 g/mol. The van der Waals surface area contributed by atoms with Crippen LogP contribution in [0.3, 0.4) is 0 Å². The molecule has 0 spiro atoms. The van der Waals surface area contributed by atoms with Gasteiger partial charge in [0.25, 0.3) is 0 Å². The van der Waals surface area contributed by atoms with Crippen molar-refractivity contribution in [3.63, 3.8) is 0 Å². The van der Waals surface area contributed by atoms with E-state index < -0.39 is 0 Å². The van der Waals surface area contributed by atoms with E-state index in [4.69, 9.17) is 14.2 Å². The van der Waals surface area contributed by atoms with Crippen molar-refractivity contribution >= 4 is 17.0 Å². The van der Waals surface area contributed by atoms with Gasteiger partial charge >= 0.3 is 0 Å². The van der Waals surface area contributed by atoms with E-state index >= 15 is 0 Å². The second-order valence-electron chi connectivity index (χ2n) is 4.13. The summed E-state index contributed by atoms with van der Waals surface area (Å²) in [4.78, 5) is 0. The molecule has 0 aromatic carbocycles. The molecule has 1 aromatic heterocycles. The number of rotatable bonds is 13. The van der Waals surface area contributed by atoms with Gasteiger partial charge in [0.1, 0.15) is 0 Å². The molecule has 0 atom stereocenters. The minimum atomic E-state index is 0.635. The molecular formula is C14H25NO3S. The molecule has 0 aliphatic carbocycles. The summed E-state index contributed by atoms with van der Waals surface area (Å²) in [6.07, 6.45) is 2.30. The van der Waals surface area contributed by atoms with Crippen LogP contribution in [0.25, 0.3) is 0 Å². The van der Waals surface area contributed by atoms with Crippen LogP contribution in [0.4, 0.5) is 5.69 Å². The van der Waals surface area contributed by atoms with Crippen molar-refractivity contribution in [3.8, 4) is 0 Å². The van der Waals surface area contributed by atoms with Crippen LogP contribution in [-0.4, -0.2) is 46.2 Å². The van der Waals surface area contributed by atoms with Gasteiger partial charge in [0.2, 0.25) is 0 Å². The third kappa shape index (κ3) is 9.90. The first kappa shape index (κ1) is 16.4. The Morgan fingerprint density at radius 2 is 1.68 bits per heavy atom. The lowest BCUT2D eigenvalue weighted by Crippen LogP contribution is -2.13. The molecule has 0 saturated heterocycles. The number of unbranched alkanes of at least 4 members (excludes halogenated alkanes) is 1. The SMILES string of the molecule is CCCCOCCOCCOCCNc1ccsc1. The average Bonchev–Trinajstić information content (AvgIpc) is 2.93. The van der Waals surface area contributed by atoms with Crippen LogP contribution in [0.2, 0.25) is 0 Å². The van der Waals surface area contributed by atoms with Crippen molar-refractivity contribution < 1.29 is 14.2 Å². The Morgan fingerprint density at radius 3 is 2.32 bits per heavy atom. The molecule has 5 heteroatoms. The molecule has 1 rings (SSSR count). The maximum absolute atomic E-state index is 5.45. The maximum Gasteiger partial charge on any atom is 0.0701 e. The summed E-state index contributed by atoms with van der Waals surface area (Å²) in [7, 11) is 0. The number of hydrogen-bond donors (Lipinski definition) is 1. The number of thiophene rings is 1. The lowest BCUT2D eigenvalue weighted by molar-refractivity contribution is 0.0159. The molecule has 0 amide bonds. The van der Waals surface area contributed by atoms with Crippen LogP contribution in [0, 0.1) is 0 Å². The third-order valence-corrected chi connectivity index (χ3v) is 3.17. The summed E-state index contributed by atoms with van der Waals surface area (Å²) in [5, 5.41) is 7.42. The molecule has 0 unspecified atom stereocenters. The van der Waals surface area contributed by atoms with Crippen molar-refractivity contribution in [1.82, 2.24) is 0 Å². The van der Waals surface area contributed by atoms with E-state index in [-0.39, 0.29) is 0 Å². The van der Waals surface area contributed by atoms with Gasteiger partial charge in [-0.15, -0.1) is 0 Å². The van der Waals surface area contributed by atoms with Gasteiger partial charge in [-0.2, -0.15) is 11.3 Å². The highest BCUT2D eigenvalue weighted by atomic mass is 32.1. The fourth-order valence-electron chi connectivity index (χ4n) is 1.42. The van der Waals surface area contributed by atoms with Crippen LogP contribution < -0.4 is 5.32 Å². The van der Waals surface area contributed by atoms with Crippen LogP contribution in [-0.2, 0) is 14.2 Å². The highest BCUT2D eigenvalue weighted by molar-refractivity contribution is 7.08. The number of nitrogens with one attached hydrogen (secondary N) is 1. The Kier molecular flexibility index (Phi) is 10.7. The van der Waals surface area contributed by atoms with Gasteiger partial charge < -0.3 is 19.5 Å². The van der Waals surface area contributed by atoms with Crippen molar-refractivity contribution in [2.75, 3.05) is 51.5 Å². The minimum absolute atomic E-state index is 0.635. The molecular weight excluding hydrogens is 262 g/mol. The minimum Gasteiger partial charge on any atom is -0.382 e. The van der Waals surface area contributed by atoms with Gasteiger partial charge in [0, 0.05) is 24.2 Å². The van der Waals surface area contributed by atoms with E-state index in [0.29, 0.717) is 33.0 Å². The van der Waals surface area contributed by atoms with E-state index in [9.17, 15) is 0 Å². The summed E-state index contributed by atoms with van der Waals surface area (Å²) >= 11 is 1.69. The van der Waals surface area contributed by atoms with Crippen molar-refractivity contribution in [3.05, 3.63) is 16.8 Å².